The fourth-order valence-corrected chi connectivity index (χ4v) is 3.89. The average Bonchev–Trinajstić information content (AvgIpc) is 2.98. The van der Waals surface area contributed by atoms with E-state index in [0.717, 1.165) is 28.2 Å². The Labute approximate surface area is 168 Å². The average molecular weight is 389 g/mol. The third kappa shape index (κ3) is 3.97. The molecule has 2 nitrogen and oxygen atoms in total. The topological polar surface area (TPSA) is 22.0 Å². The summed E-state index contributed by atoms with van der Waals surface area (Å²) in [6, 6.07) is 21.4. The smallest absolute Gasteiger partial charge is 0.165 e. The van der Waals surface area contributed by atoms with Crippen LogP contribution in [0.4, 0.5) is 8.78 Å². The third-order valence-electron chi connectivity index (χ3n) is 5.26. The van der Waals surface area contributed by atoms with E-state index in [2.05, 4.69) is 16.7 Å². The van der Waals surface area contributed by atoms with Crippen LogP contribution >= 0.6 is 0 Å². The van der Waals surface area contributed by atoms with Gasteiger partial charge in [0, 0.05) is 41.2 Å². The Kier molecular flexibility index (Phi) is 5.26. The molecular formula is C25H21F2NO. The SMILES string of the molecule is Cc1c(C(=O)CCc2cc(F)cc(F)c2)c2ccccc2n1Cc1ccccc1. The van der Waals surface area contributed by atoms with E-state index in [-0.39, 0.29) is 12.2 Å². The fraction of sp³-hybridized carbons (Fsp3) is 0.160. The van der Waals surface area contributed by atoms with Gasteiger partial charge in [-0.05, 0) is 42.7 Å². The molecule has 0 spiro atoms. The van der Waals surface area contributed by atoms with Crippen molar-refractivity contribution in [3.05, 3.63) is 107 Å². The van der Waals surface area contributed by atoms with Crippen LogP contribution in [0.2, 0.25) is 0 Å². The van der Waals surface area contributed by atoms with Gasteiger partial charge in [0.15, 0.2) is 5.78 Å². The predicted molar refractivity (Wildman–Crippen MR) is 111 cm³/mol. The first-order valence-electron chi connectivity index (χ1n) is 9.63. The minimum absolute atomic E-state index is 0.0184. The molecule has 0 amide bonds. The van der Waals surface area contributed by atoms with Crippen LogP contribution in [-0.2, 0) is 13.0 Å². The summed E-state index contributed by atoms with van der Waals surface area (Å²) in [6.45, 7) is 2.63. The molecule has 0 saturated carbocycles. The molecule has 4 heteroatoms. The van der Waals surface area contributed by atoms with Gasteiger partial charge in [0.25, 0.3) is 0 Å². The second kappa shape index (κ2) is 8.00. The molecule has 146 valence electrons. The number of nitrogens with zero attached hydrogens (tertiary/aromatic N) is 1. The minimum Gasteiger partial charge on any atom is -0.340 e. The van der Waals surface area contributed by atoms with Gasteiger partial charge in [-0.1, -0.05) is 48.5 Å². The van der Waals surface area contributed by atoms with Crippen LogP contribution in [0.3, 0.4) is 0 Å². The maximum Gasteiger partial charge on any atom is 0.165 e. The van der Waals surface area contributed by atoms with Gasteiger partial charge in [0.05, 0.1) is 0 Å². The van der Waals surface area contributed by atoms with E-state index in [1.54, 1.807) is 0 Å². The number of para-hydroxylation sites is 1. The molecule has 0 saturated heterocycles. The van der Waals surface area contributed by atoms with Crippen LogP contribution in [0, 0.1) is 18.6 Å². The zero-order valence-electron chi connectivity index (χ0n) is 16.2. The van der Waals surface area contributed by atoms with Crippen molar-refractivity contribution in [2.24, 2.45) is 0 Å². The summed E-state index contributed by atoms with van der Waals surface area (Å²) in [4.78, 5) is 13.1. The maximum atomic E-state index is 13.4. The summed E-state index contributed by atoms with van der Waals surface area (Å²) < 4.78 is 29.0. The Morgan fingerprint density at radius 2 is 1.52 bits per heavy atom. The van der Waals surface area contributed by atoms with E-state index in [1.807, 2.05) is 49.4 Å². The van der Waals surface area contributed by atoms with Gasteiger partial charge in [-0.25, -0.2) is 8.78 Å². The molecule has 0 aliphatic heterocycles. The van der Waals surface area contributed by atoms with Gasteiger partial charge in [-0.15, -0.1) is 0 Å². The first kappa shape index (κ1) is 19.1. The van der Waals surface area contributed by atoms with E-state index in [4.69, 9.17) is 0 Å². The lowest BCUT2D eigenvalue weighted by Crippen LogP contribution is -2.06. The molecule has 0 radical (unpaired) electrons. The first-order chi connectivity index (χ1) is 14.0. The van der Waals surface area contributed by atoms with E-state index < -0.39 is 11.6 Å². The lowest BCUT2D eigenvalue weighted by Gasteiger charge is -2.09. The highest BCUT2D eigenvalue weighted by Crippen LogP contribution is 2.28. The molecule has 4 rings (SSSR count). The number of hydrogen-bond donors (Lipinski definition) is 0. The molecular weight excluding hydrogens is 368 g/mol. The molecule has 29 heavy (non-hydrogen) atoms. The van der Waals surface area contributed by atoms with Crippen LogP contribution in [0.15, 0.2) is 72.8 Å². The number of carbonyl (C=O) groups excluding carboxylic acids is 1. The van der Waals surface area contributed by atoms with Gasteiger partial charge in [0.2, 0.25) is 0 Å². The first-order valence-corrected chi connectivity index (χ1v) is 9.63. The van der Waals surface area contributed by atoms with Crippen LogP contribution in [0.25, 0.3) is 10.9 Å². The number of benzene rings is 3. The largest absolute Gasteiger partial charge is 0.340 e. The number of aryl methyl sites for hydroxylation is 1. The Morgan fingerprint density at radius 3 is 2.24 bits per heavy atom. The molecule has 3 aromatic carbocycles. The molecule has 0 fully saturated rings. The number of fused-ring (bicyclic) bond motifs is 1. The number of halogens is 2. The standard InChI is InChI=1S/C25H21F2NO/c1-17-25(24(29)12-11-19-13-20(26)15-21(27)14-19)22-9-5-6-10-23(22)28(17)16-18-7-3-2-4-8-18/h2-10,13-15H,11-12,16H2,1H3. The van der Waals surface area contributed by atoms with Gasteiger partial charge in [0.1, 0.15) is 11.6 Å². The Balaban J connectivity index is 1.66. The molecule has 1 heterocycles. The van der Waals surface area contributed by atoms with Gasteiger partial charge >= 0.3 is 0 Å². The summed E-state index contributed by atoms with van der Waals surface area (Å²) >= 11 is 0. The van der Waals surface area contributed by atoms with E-state index >= 15 is 0 Å². The number of hydrogen-bond acceptors (Lipinski definition) is 1. The number of rotatable bonds is 6. The second-order valence-corrected chi connectivity index (χ2v) is 7.25. The van der Waals surface area contributed by atoms with Gasteiger partial charge < -0.3 is 4.57 Å². The van der Waals surface area contributed by atoms with Crippen molar-refractivity contribution in [1.29, 1.82) is 0 Å². The molecule has 0 atom stereocenters. The lowest BCUT2D eigenvalue weighted by atomic mass is 10.0. The van der Waals surface area contributed by atoms with Crippen LogP contribution < -0.4 is 0 Å². The van der Waals surface area contributed by atoms with Crippen molar-refractivity contribution < 1.29 is 13.6 Å². The van der Waals surface area contributed by atoms with Crippen LogP contribution in [-0.4, -0.2) is 10.4 Å². The van der Waals surface area contributed by atoms with Crippen molar-refractivity contribution in [3.63, 3.8) is 0 Å². The summed E-state index contributed by atoms with van der Waals surface area (Å²) in [5.74, 6) is -1.26. The highest BCUT2D eigenvalue weighted by atomic mass is 19.1. The third-order valence-corrected chi connectivity index (χ3v) is 5.26. The number of carbonyl (C=O) groups is 1. The maximum absolute atomic E-state index is 13.4. The Morgan fingerprint density at radius 1 is 0.862 bits per heavy atom. The quantitative estimate of drug-likeness (QED) is 0.366. The normalized spacial score (nSPS) is 11.1. The predicted octanol–water partition coefficient (Wildman–Crippen LogP) is 6.09. The summed E-state index contributed by atoms with van der Waals surface area (Å²) in [7, 11) is 0. The highest BCUT2D eigenvalue weighted by molar-refractivity contribution is 6.09. The monoisotopic (exact) mass is 389 g/mol. The summed E-state index contributed by atoms with van der Waals surface area (Å²) in [5.41, 5.74) is 4.25. The number of aromatic nitrogens is 1. The molecule has 1 aromatic heterocycles. The molecule has 0 bridgehead atoms. The van der Waals surface area contributed by atoms with E-state index in [0.29, 0.717) is 24.1 Å². The van der Waals surface area contributed by atoms with E-state index in [9.17, 15) is 13.6 Å². The number of Topliss-reactive ketones (excluding diaryl/α,β-unsaturated/α-hetero) is 1. The van der Waals surface area contributed by atoms with Crippen LogP contribution in [0.1, 0.15) is 33.6 Å². The zero-order valence-corrected chi connectivity index (χ0v) is 16.2. The van der Waals surface area contributed by atoms with Gasteiger partial charge in [-0.3, -0.25) is 4.79 Å². The van der Waals surface area contributed by atoms with Crippen molar-refractivity contribution >= 4 is 16.7 Å². The van der Waals surface area contributed by atoms with Crippen molar-refractivity contribution in [2.75, 3.05) is 0 Å². The highest BCUT2D eigenvalue weighted by Gasteiger charge is 2.19. The second-order valence-electron chi connectivity index (χ2n) is 7.25. The minimum atomic E-state index is -0.622. The summed E-state index contributed by atoms with van der Waals surface area (Å²) in [5, 5.41) is 0.913. The lowest BCUT2D eigenvalue weighted by molar-refractivity contribution is 0.0983. The number of ketones is 1. The Hall–Kier alpha value is -3.27. The molecule has 0 aliphatic rings. The van der Waals surface area contributed by atoms with Crippen LogP contribution in [0.5, 0.6) is 0 Å². The zero-order chi connectivity index (χ0) is 20.4. The molecule has 0 N–H and O–H groups in total. The fourth-order valence-electron chi connectivity index (χ4n) is 3.89. The summed E-state index contributed by atoms with van der Waals surface area (Å²) in [6.07, 6.45) is 0.494. The van der Waals surface area contributed by atoms with Gasteiger partial charge in [-0.2, -0.15) is 0 Å². The molecule has 4 aromatic rings. The van der Waals surface area contributed by atoms with Crippen molar-refractivity contribution in [1.82, 2.24) is 4.57 Å². The molecule has 0 aliphatic carbocycles. The Bertz CT molecular complexity index is 1160. The molecule has 0 unspecified atom stereocenters. The van der Waals surface area contributed by atoms with Crippen molar-refractivity contribution in [3.8, 4) is 0 Å². The van der Waals surface area contributed by atoms with E-state index in [1.165, 1.54) is 12.1 Å². The van der Waals surface area contributed by atoms with Crippen molar-refractivity contribution in [2.45, 2.75) is 26.3 Å².